The summed E-state index contributed by atoms with van der Waals surface area (Å²) in [5, 5.41) is 13.8. The summed E-state index contributed by atoms with van der Waals surface area (Å²) in [4.78, 5) is 16.4. The van der Waals surface area contributed by atoms with Crippen LogP contribution >= 0.6 is 0 Å². The van der Waals surface area contributed by atoms with Crippen molar-refractivity contribution >= 4 is 11.6 Å². The minimum absolute atomic E-state index is 0.0862. The van der Waals surface area contributed by atoms with Crippen molar-refractivity contribution in [3.05, 3.63) is 64.1 Å². The van der Waals surface area contributed by atoms with Gasteiger partial charge in [0.1, 0.15) is 5.76 Å². The quantitative estimate of drug-likeness (QED) is 0.397. The van der Waals surface area contributed by atoms with E-state index in [0.717, 1.165) is 17.3 Å². The molecule has 0 bridgehead atoms. The third-order valence-electron chi connectivity index (χ3n) is 3.14. The molecule has 22 heavy (non-hydrogen) atoms. The van der Waals surface area contributed by atoms with Crippen LogP contribution < -0.4 is 5.32 Å². The fourth-order valence-corrected chi connectivity index (χ4v) is 2.01. The number of nitro benzene ring substituents is 1. The van der Waals surface area contributed by atoms with Crippen molar-refractivity contribution in [2.45, 2.75) is 13.1 Å². The fourth-order valence-electron chi connectivity index (χ4n) is 2.01. The molecule has 0 spiro atoms. The number of rotatable bonds is 5. The van der Waals surface area contributed by atoms with Gasteiger partial charge in [0.2, 0.25) is 0 Å². The van der Waals surface area contributed by atoms with Crippen LogP contribution in [0.1, 0.15) is 11.3 Å². The fraction of sp³-hybridized carbons (Fsp3) is 0.267. The van der Waals surface area contributed by atoms with Crippen LogP contribution in [-0.4, -0.2) is 29.9 Å². The molecule has 0 unspecified atom stereocenters. The van der Waals surface area contributed by atoms with E-state index >= 15 is 0 Å². The summed E-state index contributed by atoms with van der Waals surface area (Å²) in [5.41, 5.74) is 1.03. The lowest BCUT2D eigenvalue weighted by Crippen LogP contribution is -2.37. The molecule has 2 aromatic rings. The second-order valence-corrected chi connectivity index (χ2v) is 4.76. The van der Waals surface area contributed by atoms with E-state index in [4.69, 9.17) is 4.42 Å². The highest BCUT2D eigenvalue weighted by molar-refractivity contribution is 5.79. The molecule has 1 heterocycles. The van der Waals surface area contributed by atoms with Crippen molar-refractivity contribution in [1.29, 1.82) is 0 Å². The van der Waals surface area contributed by atoms with Crippen molar-refractivity contribution in [3.63, 3.8) is 0 Å². The van der Waals surface area contributed by atoms with Crippen LogP contribution in [0.2, 0.25) is 0 Å². The highest BCUT2D eigenvalue weighted by Crippen LogP contribution is 2.11. The summed E-state index contributed by atoms with van der Waals surface area (Å²) in [6.45, 7) is 1.14. The molecule has 7 nitrogen and oxygen atoms in total. The molecule has 1 aromatic carbocycles. The zero-order chi connectivity index (χ0) is 15.9. The number of aliphatic imine (C=N–C) groups is 1. The average molecular weight is 302 g/mol. The van der Waals surface area contributed by atoms with Crippen molar-refractivity contribution in [2.75, 3.05) is 14.1 Å². The summed E-state index contributed by atoms with van der Waals surface area (Å²) in [7, 11) is 3.62. The van der Waals surface area contributed by atoms with Crippen LogP contribution in [0.25, 0.3) is 0 Å². The summed E-state index contributed by atoms with van der Waals surface area (Å²) in [5.74, 6) is 1.57. The zero-order valence-corrected chi connectivity index (χ0v) is 12.5. The highest BCUT2D eigenvalue weighted by Gasteiger charge is 2.09. The Morgan fingerprint density at radius 1 is 1.36 bits per heavy atom. The van der Waals surface area contributed by atoms with Gasteiger partial charge in [-0.15, -0.1) is 0 Å². The molecule has 2 rings (SSSR count). The van der Waals surface area contributed by atoms with Crippen LogP contribution in [0.3, 0.4) is 0 Å². The van der Waals surface area contributed by atoms with Crippen molar-refractivity contribution in [1.82, 2.24) is 10.2 Å². The van der Waals surface area contributed by atoms with Crippen molar-refractivity contribution in [2.24, 2.45) is 4.99 Å². The number of furan rings is 1. The number of non-ortho nitro benzene ring substituents is 1. The lowest BCUT2D eigenvalue weighted by Gasteiger charge is -2.21. The molecule has 116 valence electrons. The first-order chi connectivity index (χ1) is 10.6. The molecule has 7 heteroatoms. The van der Waals surface area contributed by atoms with Gasteiger partial charge in [-0.05, 0) is 17.7 Å². The predicted octanol–water partition coefficient (Wildman–Crippen LogP) is 2.40. The maximum atomic E-state index is 10.6. The summed E-state index contributed by atoms with van der Waals surface area (Å²) in [6.07, 6.45) is 1.64. The second kappa shape index (κ2) is 7.26. The van der Waals surface area contributed by atoms with Crippen LogP contribution in [0.15, 0.2) is 52.1 Å². The van der Waals surface area contributed by atoms with E-state index in [1.54, 1.807) is 25.4 Å². The van der Waals surface area contributed by atoms with E-state index in [-0.39, 0.29) is 5.69 Å². The van der Waals surface area contributed by atoms with E-state index in [9.17, 15) is 10.1 Å². The molecule has 0 aliphatic heterocycles. The van der Waals surface area contributed by atoms with Gasteiger partial charge in [-0.2, -0.15) is 0 Å². The Kier molecular flexibility index (Phi) is 5.13. The molecule has 0 fully saturated rings. The Hall–Kier alpha value is -2.83. The van der Waals surface area contributed by atoms with Gasteiger partial charge in [-0.3, -0.25) is 15.1 Å². The number of nitrogens with zero attached hydrogens (tertiary/aromatic N) is 3. The number of nitrogens with one attached hydrogen (secondary N) is 1. The zero-order valence-electron chi connectivity index (χ0n) is 12.5. The Morgan fingerprint density at radius 3 is 2.64 bits per heavy atom. The van der Waals surface area contributed by atoms with Gasteiger partial charge in [-0.1, -0.05) is 12.1 Å². The van der Waals surface area contributed by atoms with Gasteiger partial charge >= 0.3 is 0 Å². The Bertz CT molecular complexity index is 635. The summed E-state index contributed by atoms with van der Waals surface area (Å²) >= 11 is 0. The van der Waals surface area contributed by atoms with Gasteiger partial charge < -0.3 is 14.6 Å². The van der Waals surface area contributed by atoms with Gasteiger partial charge in [-0.25, -0.2) is 0 Å². The minimum atomic E-state index is -0.409. The average Bonchev–Trinajstić information content (AvgIpc) is 3.01. The molecule has 0 radical (unpaired) electrons. The van der Waals surface area contributed by atoms with E-state index in [1.807, 2.05) is 24.1 Å². The highest BCUT2D eigenvalue weighted by atomic mass is 16.6. The van der Waals surface area contributed by atoms with E-state index in [1.165, 1.54) is 12.1 Å². The molecule has 0 saturated heterocycles. The molecule has 0 amide bonds. The first-order valence-corrected chi connectivity index (χ1v) is 6.77. The molecular formula is C15H18N4O3. The number of hydrogen-bond donors (Lipinski definition) is 1. The largest absolute Gasteiger partial charge is 0.467 e. The monoisotopic (exact) mass is 302 g/mol. The molecule has 0 atom stereocenters. The molecule has 1 N–H and O–H groups in total. The number of hydrogen-bond acceptors (Lipinski definition) is 4. The summed E-state index contributed by atoms with van der Waals surface area (Å²) < 4.78 is 5.31. The van der Waals surface area contributed by atoms with Crippen molar-refractivity contribution < 1.29 is 9.34 Å². The third kappa shape index (κ3) is 4.08. The SMILES string of the molecule is CN=C(NCc1ccc([N+](=O)[O-])cc1)N(C)Cc1ccco1. The smallest absolute Gasteiger partial charge is 0.269 e. The normalized spacial score (nSPS) is 11.3. The van der Waals surface area contributed by atoms with Crippen LogP contribution in [0.4, 0.5) is 5.69 Å². The van der Waals surface area contributed by atoms with Gasteiger partial charge in [0.25, 0.3) is 5.69 Å². The topological polar surface area (TPSA) is 83.9 Å². The van der Waals surface area contributed by atoms with Gasteiger partial charge in [0.15, 0.2) is 5.96 Å². The maximum Gasteiger partial charge on any atom is 0.269 e. The maximum absolute atomic E-state index is 10.6. The van der Waals surface area contributed by atoms with Gasteiger partial charge in [0, 0.05) is 32.8 Å². The van der Waals surface area contributed by atoms with Gasteiger partial charge in [0.05, 0.1) is 17.7 Å². The molecule has 0 aliphatic carbocycles. The lowest BCUT2D eigenvalue weighted by molar-refractivity contribution is -0.384. The van der Waals surface area contributed by atoms with Crippen LogP contribution in [-0.2, 0) is 13.1 Å². The minimum Gasteiger partial charge on any atom is -0.467 e. The lowest BCUT2D eigenvalue weighted by atomic mass is 10.2. The van der Waals surface area contributed by atoms with E-state index in [2.05, 4.69) is 10.3 Å². The first kappa shape index (κ1) is 15.6. The van der Waals surface area contributed by atoms with Crippen LogP contribution in [0, 0.1) is 10.1 Å². The molecule has 0 saturated carbocycles. The molecule has 1 aromatic heterocycles. The third-order valence-corrected chi connectivity index (χ3v) is 3.14. The Balaban J connectivity index is 1.91. The van der Waals surface area contributed by atoms with Crippen LogP contribution in [0.5, 0.6) is 0 Å². The Morgan fingerprint density at radius 2 is 2.09 bits per heavy atom. The summed E-state index contributed by atoms with van der Waals surface area (Å²) in [6, 6.07) is 10.2. The Labute approximate surface area is 128 Å². The predicted molar refractivity (Wildman–Crippen MR) is 83.5 cm³/mol. The van der Waals surface area contributed by atoms with E-state index in [0.29, 0.717) is 13.1 Å². The first-order valence-electron chi connectivity index (χ1n) is 6.77. The number of benzene rings is 1. The molecule has 0 aliphatic rings. The standard InChI is InChI=1S/C15H18N4O3/c1-16-15(18(2)11-14-4-3-9-22-14)17-10-12-5-7-13(8-6-12)19(20)21/h3-9H,10-11H2,1-2H3,(H,16,17). The number of guanidine groups is 1. The van der Waals surface area contributed by atoms with Crippen molar-refractivity contribution in [3.8, 4) is 0 Å². The number of nitro groups is 1. The second-order valence-electron chi connectivity index (χ2n) is 4.76. The van der Waals surface area contributed by atoms with E-state index < -0.39 is 4.92 Å². The molecular weight excluding hydrogens is 284 g/mol.